The fourth-order valence-electron chi connectivity index (χ4n) is 4.05. The van der Waals surface area contributed by atoms with Gasteiger partial charge in [-0.05, 0) is 29.8 Å². The van der Waals surface area contributed by atoms with Gasteiger partial charge >= 0.3 is 0 Å². The summed E-state index contributed by atoms with van der Waals surface area (Å²) in [5, 5.41) is 1.14. The highest BCUT2D eigenvalue weighted by Gasteiger charge is 2.12. The number of hydrogen-bond donors (Lipinski definition) is 0. The van der Waals surface area contributed by atoms with E-state index >= 15 is 0 Å². The summed E-state index contributed by atoms with van der Waals surface area (Å²) in [5.41, 5.74) is 5.16. The zero-order chi connectivity index (χ0) is 20.1. The molecule has 144 valence electrons. The summed E-state index contributed by atoms with van der Waals surface area (Å²) in [5.74, 6) is 0. The van der Waals surface area contributed by atoms with Crippen LogP contribution in [0.4, 0.5) is 0 Å². The maximum atomic E-state index is 13.1. The summed E-state index contributed by atoms with van der Waals surface area (Å²) in [6.45, 7) is 0.790. The molecule has 0 aliphatic carbocycles. The smallest absolute Gasteiger partial charge is 0.274 e. The number of rotatable bonds is 3. The molecule has 0 amide bonds. The highest BCUT2D eigenvalue weighted by atomic mass is 32.1. The van der Waals surface area contributed by atoms with Gasteiger partial charge < -0.3 is 4.57 Å². The zero-order valence-corrected chi connectivity index (χ0v) is 16.8. The van der Waals surface area contributed by atoms with E-state index < -0.39 is 0 Å². The van der Waals surface area contributed by atoms with Crippen molar-refractivity contribution in [3.05, 3.63) is 111 Å². The highest BCUT2D eigenvalue weighted by molar-refractivity contribution is 7.15. The van der Waals surface area contributed by atoms with E-state index in [9.17, 15) is 4.79 Å². The van der Waals surface area contributed by atoms with E-state index in [4.69, 9.17) is 0 Å². The molecule has 0 aliphatic heterocycles. The number of para-hydroxylation sites is 3. The molecule has 0 radical (unpaired) electrons. The van der Waals surface area contributed by atoms with Gasteiger partial charge in [0.1, 0.15) is 0 Å². The third-order valence-electron chi connectivity index (χ3n) is 5.45. The van der Waals surface area contributed by atoms with E-state index in [1.165, 1.54) is 16.9 Å². The Balaban J connectivity index is 1.54. The standard InChI is InChI=1S/C25H17N3OS/c29-24-23(30-25-26-20-11-5-7-13-22(20)28(24)25)14-18-16-27(15-17-8-2-1-3-9-17)21-12-6-4-10-19(18)21/h1-14,16H,15H2/b23-14+. The zero-order valence-electron chi connectivity index (χ0n) is 16.0. The normalized spacial score (nSPS) is 12.5. The summed E-state index contributed by atoms with van der Waals surface area (Å²) in [4.78, 5) is 18.5. The topological polar surface area (TPSA) is 39.3 Å². The molecule has 3 aromatic heterocycles. The van der Waals surface area contributed by atoms with Gasteiger partial charge in [0.05, 0.1) is 15.6 Å². The molecule has 3 heterocycles. The van der Waals surface area contributed by atoms with Crippen molar-refractivity contribution in [3.8, 4) is 0 Å². The second-order valence-corrected chi connectivity index (χ2v) is 8.36. The first-order valence-corrected chi connectivity index (χ1v) is 10.6. The Hall–Kier alpha value is -3.70. The van der Waals surface area contributed by atoms with E-state index in [0.29, 0.717) is 4.53 Å². The number of thiazole rings is 1. The summed E-state index contributed by atoms with van der Waals surface area (Å²) in [6.07, 6.45) is 4.14. The minimum Gasteiger partial charge on any atom is -0.342 e. The molecule has 0 aliphatic rings. The van der Waals surface area contributed by atoms with Crippen LogP contribution in [0.1, 0.15) is 11.1 Å². The van der Waals surface area contributed by atoms with E-state index in [2.05, 4.69) is 58.2 Å². The van der Waals surface area contributed by atoms with Crippen LogP contribution >= 0.6 is 11.3 Å². The van der Waals surface area contributed by atoms with Crippen molar-refractivity contribution < 1.29 is 0 Å². The van der Waals surface area contributed by atoms with Crippen molar-refractivity contribution >= 4 is 44.3 Å². The number of nitrogens with zero attached hydrogens (tertiary/aromatic N) is 3. The fraction of sp³-hybridized carbons (Fsp3) is 0.0400. The minimum absolute atomic E-state index is 0.0106. The molecule has 0 saturated carbocycles. The molecule has 0 fully saturated rings. The van der Waals surface area contributed by atoms with Crippen LogP contribution in [0.3, 0.4) is 0 Å². The van der Waals surface area contributed by atoms with Gasteiger partial charge in [0.2, 0.25) is 0 Å². The average molecular weight is 407 g/mol. The third-order valence-corrected chi connectivity index (χ3v) is 6.42. The Labute approximate surface area is 176 Å². The van der Waals surface area contributed by atoms with E-state index in [1.54, 1.807) is 4.40 Å². The molecule has 0 spiro atoms. The number of imidazole rings is 1. The van der Waals surface area contributed by atoms with E-state index in [0.717, 1.165) is 39.0 Å². The molecule has 4 nitrogen and oxygen atoms in total. The number of benzene rings is 3. The van der Waals surface area contributed by atoms with Gasteiger partial charge in [-0.1, -0.05) is 72.0 Å². The van der Waals surface area contributed by atoms with Gasteiger partial charge in [-0.3, -0.25) is 4.79 Å². The third kappa shape index (κ3) is 2.67. The van der Waals surface area contributed by atoms with Crippen molar-refractivity contribution in [1.29, 1.82) is 0 Å². The maximum Gasteiger partial charge on any atom is 0.274 e. The second-order valence-electron chi connectivity index (χ2n) is 7.35. The lowest BCUT2D eigenvalue weighted by Crippen LogP contribution is -2.22. The lowest BCUT2D eigenvalue weighted by atomic mass is 10.2. The van der Waals surface area contributed by atoms with Crippen molar-refractivity contribution in [1.82, 2.24) is 14.0 Å². The maximum absolute atomic E-state index is 13.1. The monoisotopic (exact) mass is 407 g/mol. The molecule has 6 rings (SSSR count). The predicted octanol–water partition coefficient (Wildman–Crippen LogP) is 4.46. The van der Waals surface area contributed by atoms with Crippen LogP contribution in [-0.4, -0.2) is 14.0 Å². The van der Waals surface area contributed by atoms with Crippen molar-refractivity contribution in [2.24, 2.45) is 0 Å². The number of aromatic nitrogens is 3. The lowest BCUT2D eigenvalue weighted by molar-refractivity contribution is 0.836. The Morgan fingerprint density at radius 2 is 1.60 bits per heavy atom. The van der Waals surface area contributed by atoms with Crippen LogP contribution in [0.2, 0.25) is 0 Å². The number of hydrogen-bond acceptors (Lipinski definition) is 3. The van der Waals surface area contributed by atoms with Crippen LogP contribution in [0.5, 0.6) is 0 Å². The second kappa shape index (κ2) is 6.68. The first kappa shape index (κ1) is 17.2. The van der Waals surface area contributed by atoms with Crippen LogP contribution < -0.4 is 10.1 Å². The predicted molar refractivity (Wildman–Crippen MR) is 123 cm³/mol. The molecule has 0 saturated heterocycles. The van der Waals surface area contributed by atoms with Gasteiger partial charge in [0, 0.05) is 29.2 Å². The van der Waals surface area contributed by atoms with Gasteiger partial charge in [-0.2, -0.15) is 0 Å². The summed E-state index contributed by atoms with van der Waals surface area (Å²) in [6, 6.07) is 26.5. The Morgan fingerprint density at radius 1 is 0.867 bits per heavy atom. The SMILES string of the molecule is O=c1/c(=C\c2cn(Cc3ccccc3)c3ccccc23)sc2nc3ccccc3n12. The molecule has 5 heteroatoms. The fourth-order valence-corrected chi connectivity index (χ4v) is 5.03. The Kier molecular flexibility index (Phi) is 3.82. The molecule has 6 aromatic rings. The summed E-state index contributed by atoms with van der Waals surface area (Å²) >= 11 is 1.44. The molecule has 30 heavy (non-hydrogen) atoms. The molecule has 0 atom stereocenters. The van der Waals surface area contributed by atoms with E-state index in [-0.39, 0.29) is 5.56 Å². The van der Waals surface area contributed by atoms with Crippen molar-refractivity contribution in [3.63, 3.8) is 0 Å². The molecule has 0 unspecified atom stereocenters. The molecular weight excluding hydrogens is 390 g/mol. The number of fused-ring (bicyclic) bond motifs is 4. The largest absolute Gasteiger partial charge is 0.342 e. The molecule has 0 bridgehead atoms. The summed E-state index contributed by atoms with van der Waals surface area (Å²) < 4.78 is 4.66. The van der Waals surface area contributed by atoms with Crippen molar-refractivity contribution in [2.45, 2.75) is 6.54 Å². The molecule has 3 aromatic carbocycles. The highest BCUT2D eigenvalue weighted by Crippen LogP contribution is 2.23. The Bertz CT molecular complexity index is 1640. The minimum atomic E-state index is -0.0106. The van der Waals surface area contributed by atoms with Crippen LogP contribution in [0.25, 0.3) is 33.0 Å². The quantitative estimate of drug-likeness (QED) is 0.435. The molecular formula is C25H17N3OS. The van der Waals surface area contributed by atoms with E-state index in [1.807, 2.05) is 42.5 Å². The molecule has 0 N–H and O–H groups in total. The van der Waals surface area contributed by atoms with Crippen molar-refractivity contribution in [2.75, 3.05) is 0 Å². The summed E-state index contributed by atoms with van der Waals surface area (Å²) in [7, 11) is 0. The lowest BCUT2D eigenvalue weighted by Gasteiger charge is -2.05. The average Bonchev–Trinajstić information content (AvgIpc) is 3.41. The van der Waals surface area contributed by atoms with Gasteiger partial charge in [-0.15, -0.1) is 0 Å². The van der Waals surface area contributed by atoms with Crippen LogP contribution in [-0.2, 0) is 6.54 Å². The van der Waals surface area contributed by atoms with Crippen LogP contribution in [0.15, 0.2) is 89.9 Å². The van der Waals surface area contributed by atoms with Gasteiger partial charge in [0.15, 0.2) is 4.96 Å². The van der Waals surface area contributed by atoms with Gasteiger partial charge in [-0.25, -0.2) is 9.38 Å². The van der Waals surface area contributed by atoms with Crippen LogP contribution in [0, 0.1) is 0 Å². The van der Waals surface area contributed by atoms with Gasteiger partial charge in [0.25, 0.3) is 5.56 Å². The first-order valence-electron chi connectivity index (χ1n) is 9.81. The Morgan fingerprint density at radius 3 is 2.47 bits per heavy atom. The first-order chi connectivity index (χ1) is 14.8.